The van der Waals surface area contributed by atoms with E-state index in [1.807, 2.05) is 43.3 Å². The topological polar surface area (TPSA) is 83.4 Å². The Balaban J connectivity index is 1.35. The predicted octanol–water partition coefficient (Wildman–Crippen LogP) is 5.32. The molecule has 2 aliphatic rings. The third kappa shape index (κ3) is 5.56. The van der Waals surface area contributed by atoms with E-state index in [1.54, 1.807) is 18.2 Å². The largest absolute Gasteiger partial charge is 0.497 e. The van der Waals surface area contributed by atoms with Crippen LogP contribution in [0.4, 0.5) is 10.1 Å². The summed E-state index contributed by atoms with van der Waals surface area (Å²) in [6, 6.07) is 21.4. The molecule has 0 aromatic heterocycles. The second-order valence-electron chi connectivity index (χ2n) is 8.85. The summed E-state index contributed by atoms with van der Waals surface area (Å²) < 4.78 is 18.7. The lowest BCUT2D eigenvalue weighted by molar-refractivity contribution is -0.121. The van der Waals surface area contributed by atoms with Crippen LogP contribution in [-0.2, 0) is 9.59 Å². The van der Waals surface area contributed by atoms with E-state index in [9.17, 15) is 14.0 Å². The molecule has 2 unspecified atom stereocenters. The summed E-state index contributed by atoms with van der Waals surface area (Å²) in [6.45, 7) is 2.03. The molecule has 3 aromatic rings. The lowest BCUT2D eigenvalue weighted by atomic mass is 9.98. The van der Waals surface area contributed by atoms with E-state index in [0.29, 0.717) is 17.3 Å². The maximum absolute atomic E-state index is 13.4. The molecule has 0 saturated heterocycles. The minimum Gasteiger partial charge on any atom is -0.497 e. The van der Waals surface area contributed by atoms with Crippen LogP contribution in [0.15, 0.2) is 82.9 Å². The molecule has 2 heterocycles. The van der Waals surface area contributed by atoms with Gasteiger partial charge in [0.05, 0.1) is 18.9 Å². The number of thioether (sulfide) groups is 1. The number of hydrogen-bond donors (Lipinski definition) is 1. The Hall–Kier alpha value is -3.98. The summed E-state index contributed by atoms with van der Waals surface area (Å²) in [4.78, 5) is 29.6. The number of nitrogens with zero attached hydrogens (tertiary/aromatic N) is 3. The quantitative estimate of drug-likeness (QED) is 0.480. The summed E-state index contributed by atoms with van der Waals surface area (Å²) in [6.07, 6.45) is 0.555. The molecular weight excluding hydrogens is 491 g/mol. The number of hydrazone groups is 1. The number of hydrogen-bond acceptors (Lipinski definition) is 6. The van der Waals surface area contributed by atoms with Crippen LogP contribution in [0.1, 0.15) is 35.6 Å². The number of carbonyl (C=O) groups is 2. The van der Waals surface area contributed by atoms with Crippen LogP contribution in [0.25, 0.3) is 0 Å². The third-order valence-corrected chi connectivity index (χ3v) is 7.34. The smallest absolute Gasteiger partial charge is 0.262 e. The number of amides is 2. The van der Waals surface area contributed by atoms with E-state index < -0.39 is 11.1 Å². The zero-order valence-corrected chi connectivity index (χ0v) is 21.2. The highest BCUT2D eigenvalue weighted by Gasteiger charge is 2.39. The van der Waals surface area contributed by atoms with Crippen LogP contribution in [0, 0.1) is 12.7 Å². The van der Waals surface area contributed by atoms with Crippen molar-refractivity contribution in [1.82, 2.24) is 5.01 Å². The highest BCUT2D eigenvalue weighted by Crippen LogP contribution is 2.38. The number of amidine groups is 1. The van der Waals surface area contributed by atoms with Gasteiger partial charge in [-0.3, -0.25) is 9.59 Å². The van der Waals surface area contributed by atoms with Crippen molar-refractivity contribution in [3.63, 3.8) is 0 Å². The van der Waals surface area contributed by atoms with Gasteiger partial charge in [-0.25, -0.2) is 9.40 Å². The molecule has 1 N–H and O–H groups in total. The molecule has 37 heavy (non-hydrogen) atoms. The van der Waals surface area contributed by atoms with Gasteiger partial charge in [0.2, 0.25) is 5.91 Å². The summed E-state index contributed by atoms with van der Waals surface area (Å²) in [5, 5.41) is 9.08. The first kappa shape index (κ1) is 24.7. The number of aryl methyl sites for hydroxylation is 1. The fourth-order valence-electron chi connectivity index (χ4n) is 4.24. The lowest BCUT2D eigenvalue weighted by Gasteiger charge is -2.23. The first-order chi connectivity index (χ1) is 17.9. The maximum Gasteiger partial charge on any atom is 0.262 e. The van der Waals surface area contributed by atoms with Crippen LogP contribution in [0.2, 0.25) is 0 Å². The Morgan fingerprint density at radius 2 is 1.89 bits per heavy atom. The first-order valence-corrected chi connectivity index (χ1v) is 12.7. The average Bonchev–Trinajstić information content (AvgIpc) is 3.48. The molecule has 0 radical (unpaired) electrons. The highest BCUT2D eigenvalue weighted by atomic mass is 32.2. The van der Waals surface area contributed by atoms with Gasteiger partial charge in [-0.15, -0.1) is 0 Å². The van der Waals surface area contributed by atoms with Crippen molar-refractivity contribution in [2.75, 3.05) is 12.4 Å². The van der Waals surface area contributed by atoms with Crippen LogP contribution in [0.5, 0.6) is 5.75 Å². The molecule has 0 bridgehead atoms. The van der Waals surface area contributed by atoms with Gasteiger partial charge in [-0.2, -0.15) is 10.1 Å². The average molecular weight is 517 g/mol. The molecule has 188 valence electrons. The number of benzene rings is 3. The van der Waals surface area contributed by atoms with Crippen molar-refractivity contribution < 1.29 is 18.7 Å². The summed E-state index contributed by atoms with van der Waals surface area (Å²) in [5.41, 5.74) is 4.38. The molecule has 2 amide bonds. The SMILES string of the molecule is COc1ccc(C2=NN(C3=NC(=O)C(CC(=O)Nc4cccc(F)c4)S3)C(c3ccc(C)cc3)C2)cc1. The second kappa shape index (κ2) is 10.6. The minimum absolute atomic E-state index is 0.0783. The van der Waals surface area contributed by atoms with Crippen LogP contribution in [-0.4, -0.2) is 40.1 Å². The zero-order chi connectivity index (χ0) is 25.9. The zero-order valence-electron chi connectivity index (χ0n) is 20.3. The fraction of sp³-hybridized carbons (Fsp3) is 0.214. The van der Waals surface area contributed by atoms with Gasteiger partial charge in [0.15, 0.2) is 5.17 Å². The monoisotopic (exact) mass is 516 g/mol. The van der Waals surface area contributed by atoms with Gasteiger partial charge >= 0.3 is 0 Å². The van der Waals surface area contributed by atoms with Crippen molar-refractivity contribution in [3.8, 4) is 5.75 Å². The van der Waals surface area contributed by atoms with E-state index in [-0.39, 0.29) is 24.3 Å². The number of rotatable bonds is 6. The molecule has 7 nitrogen and oxygen atoms in total. The Morgan fingerprint density at radius 1 is 1.14 bits per heavy atom. The van der Waals surface area contributed by atoms with Gasteiger partial charge in [-0.05, 0) is 60.5 Å². The standard InChI is InChI=1S/C28H25FN4O3S/c1-17-6-8-19(9-7-17)24-15-23(18-10-12-22(36-2)13-11-18)32-33(24)28-31-27(35)25(37-28)16-26(34)30-21-5-3-4-20(29)14-21/h3-14,24-25H,15-16H2,1-2H3,(H,30,34). The van der Waals surface area contributed by atoms with Gasteiger partial charge in [0.25, 0.3) is 5.91 Å². The number of halogens is 1. The number of aliphatic imine (C=N–C) groups is 1. The summed E-state index contributed by atoms with van der Waals surface area (Å²) >= 11 is 1.23. The van der Waals surface area contributed by atoms with Crippen molar-refractivity contribution >= 4 is 40.1 Å². The molecule has 3 aromatic carbocycles. The highest BCUT2D eigenvalue weighted by molar-refractivity contribution is 8.15. The molecular formula is C28H25FN4O3S. The summed E-state index contributed by atoms with van der Waals surface area (Å²) in [5.74, 6) is -0.455. The third-order valence-electron chi connectivity index (χ3n) is 6.20. The van der Waals surface area contributed by atoms with Crippen molar-refractivity contribution in [1.29, 1.82) is 0 Å². The van der Waals surface area contributed by atoms with E-state index in [1.165, 1.54) is 30.0 Å². The molecule has 0 saturated carbocycles. The van der Waals surface area contributed by atoms with Crippen LogP contribution < -0.4 is 10.1 Å². The second-order valence-corrected chi connectivity index (χ2v) is 10.0. The van der Waals surface area contributed by atoms with Crippen molar-refractivity contribution in [2.45, 2.75) is 31.1 Å². The Kier molecular flexibility index (Phi) is 7.05. The molecule has 0 aliphatic carbocycles. The number of nitrogens with one attached hydrogen (secondary N) is 1. The molecule has 2 aliphatic heterocycles. The molecule has 9 heteroatoms. The summed E-state index contributed by atoms with van der Waals surface area (Å²) in [7, 11) is 1.62. The van der Waals surface area contributed by atoms with E-state index in [2.05, 4.69) is 22.4 Å². The van der Waals surface area contributed by atoms with Crippen LogP contribution in [0.3, 0.4) is 0 Å². The van der Waals surface area contributed by atoms with Crippen molar-refractivity contribution in [3.05, 3.63) is 95.3 Å². The number of ether oxygens (including phenoxy) is 1. The fourth-order valence-corrected chi connectivity index (χ4v) is 5.31. The van der Waals surface area contributed by atoms with E-state index in [0.717, 1.165) is 28.2 Å². The van der Waals surface area contributed by atoms with Gasteiger partial charge in [0, 0.05) is 18.5 Å². The Bertz CT molecular complexity index is 1390. The number of anilines is 1. The normalized spacial score (nSPS) is 19.0. The first-order valence-electron chi connectivity index (χ1n) is 11.8. The van der Waals surface area contributed by atoms with Crippen LogP contribution >= 0.6 is 11.8 Å². The number of methoxy groups -OCH3 is 1. The molecule has 5 rings (SSSR count). The molecule has 2 atom stereocenters. The van der Waals surface area contributed by atoms with Gasteiger partial charge in [-0.1, -0.05) is 47.7 Å². The van der Waals surface area contributed by atoms with E-state index >= 15 is 0 Å². The van der Waals surface area contributed by atoms with E-state index in [4.69, 9.17) is 9.84 Å². The molecule has 0 spiro atoms. The Labute approximate surface area is 218 Å². The molecule has 0 fully saturated rings. The van der Waals surface area contributed by atoms with Gasteiger partial charge in [0.1, 0.15) is 16.8 Å². The van der Waals surface area contributed by atoms with Crippen molar-refractivity contribution in [2.24, 2.45) is 10.1 Å². The van der Waals surface area contributed by atoms with Gasteiger partial charge < -0.3 is 10.1 Å². The minimum atomic E-state index is -0.678. The Morgan fingerprint density at radius 3 is 2.59 bits per heavy atom. The predicted molar refractivity (Wildman–Crippen MR) is 143 cm³/mol. The lowest BCUT2D eigenvalue weighted by Crippen LogP contribution is -2.25. The number of carbonyl (C=O) groups excluding carboxylic acids is 2. The maximum atomic E-state index is 13.4.